The van der Waals surface area contributed by atoms with Crippen LogP contribution in [0.25, 0.3) is 0 Å². The molecule has 102 valence electrons. The predicted molar refractivity (Wildman–Crippen MR) is 76.7 cm³/mol. The Balaban J connectivity index is 2.57. The Labute approximate surface area is 120 Å². The van der Waals surface area contributed by atoms with E-state index in [-0.39, 0.29) is 9.79 Å². The van der Waals surface area contributed by atoms with E-state index in [0.717, 1.165) is 0 Å². The molecule has 7 heteroatoms. The van der Waals surface area contributed by atoms with Crippen molar-refractivity contribution in [1.29, 1.82) is 0 Å². The van der Waals surface area contributed by atoms with Crippen molar-refractivity contribution in [2.75, 3.05) is 7.11 Å². The van der Waals surface area contributed by atoms with Gasteiger partial charge in [-0.25, -0.2) is 8.42 Å². The second-order valence-electron chi connectivity index (χ2n) is 3.87. The molecule has 0 saturated carbocycles. The van der Waals surface area contributed by atoms with Gasteiger partial charge in [-0.3, -0.25) is 0 Å². The van der Waals surface area contributed by atoms with E-state index in [0.29, 0.717) is 20.6 Å². The molecule has 0 aliphatic rings. The second kappa shape index (κ2) is 5.07. The topological polar surface area (TPSA) is 56.5 Å². The maximum Gasteiger partial charge on any atom is 0.211 e. The number of furan rings is 1. The molecule has 0 spiro atoms. The van der Waals surface area contributed by atoms with E-state index in [1.54, 1.807) is 19.9 Å². The number of aryl methyl sites for hydroxylation is 2. The minimum absolute atomic E-state index is 0.184. The largest absolute Gasteiger partial charge is 0.486 e. The quantitative estimate of drug-likeness (QED) is 0.814. The van der Waals surface area contributed by atoms with Crippen molar-refractivity contribution in [3.63, 3.8) is 0 Å². The van der Waals surface area contributed by atoms with E-state index in [4.69, 9.17) is 21.4 Å². The first-order chi connectivity index (χ1) is 8.87. The molecule has 4 nitrogen and oxygen atoms in total. The minimum Gasteiger partial charge on any atom is -0.486 e. The van der Waals surface area contributed by atoms with Gasteiger partial charge in [-0.1, -0.05) is 0 Å². The first-order valence-electron chi connectivity index (χ1n) is 5.36. The van der Waals surface area contributed by atoms with E-state index >= 15 is 0 Å². The summed E-state index contributed by atoms with van der Waals surface area (Å²) in [5.41, 5.74) is 0. The molecule has 2 aromatic heterocycles. The van der Waals surface area contributed by atoms with Crippen LogP contribution in [-0.2, 0) is 14.6 Å². The maximum absolute atomic E-state index is 12.5. The molecule has 2 aromatic rings. The third kappa shape index (κ3) is 2.45. The third-order valence-corrected chi connectivity index (χ3v) is 6.35. The Morgan fingerprint density at radius 1 is 1.37 bits per heavy atom. The maximum atomic E-state index is 12.5. The lowest BCUT2D eigenvalue weighted by atomic mass is 10.4. The molecule has 0 fully saturated rings. The predicted octanol–water partition coefficient (Wildman–Crippen LogP) is 3.11. The Bertz CT molecular complexity index is 722. The van der Waals surface area contributed by atoms with Crippen molar-refractivity contribution in [2.24, 2.45) is 0 Å². The summed E-state index contributed by atoms with van der Waals surface area (Å²) >= 11 is 6.32. The molecule has 2 rings (SSSR count). The van der Waals surface area contributed by atoms with Gasteiger partial charge in [0.15, 0.2) is 0 Å². The number of hydrogen-bond acceptors (Lipinski definition) is 6. The number of thiocarbonyl (C=S) groups is 1. The van der Waals surface area contributed by atoms with E-state index in [2.05, 4.69) is 0 Å². The summed E-state index contributed by atoms with van der Waals surface area (Å²) in [5.74, 6) is 0.376. The highest BCUT2D eigenvalue weighted by Crippen LogP contribution is 2.32. The van der Waals surface area contributed by atoms with Crippen LogP contribution in [0.1, 0.15) is 15.5 Å². The summed E-state index contributed by atoms with van der Waals surface area (Å²) in [6, 6.07) is 3.00. The van der Waals surface area contributed by atoms with Crippen molar-refractivity contribution in [3.05, 3.63) is 33.9 Å². The second-order valence-corrected chi connectivity index (χ2v) is 7.38. The fourth-order valence-electron chi connectivity index (χ4n) is 1.70. The van der Waals surface area contributed by atoms with Gasteiger partial charge in [0.05, 0.1) is 23.1 Å². The smallest absolute Gasteiger partial charge is 0.211 e. The normalized spacial score (nSPS) is 11.5. The zero-order chi connectivity index (χ0) is 14.2. The molecule has 0 aliphatic carbocycles. The molecule has 0 radical (unpaired) electrons. The van der Waals surface area contributed by atoms with Crippen LogP contribution in [-0.4, -0.2) is 20.6 Å². The molecule has 0 atom stereocenters. The highest BCUT2D eigenvalue weighted by Gasteiger charge is 2.26. The fourth-order valence-corrected chi connectivity index (χ4v) is 4.80. The van der Waals surface area contributed by atoms with Gasteiger partial charge in [0.25, 0.3) is 0 Å². The first-order valence-corrected chi connectivity index (χ1v) is 8.06. The average molecular weight is 316 g/mol. The summed E-state index contributed by atoms with van der Waals surface area (Å²) in [7, 11) is -2.11. The molecule has 19 heavy (non-hydrogen) atoms. The van der Waals surface area contributed by atoms with E-state index in [1.165, 1.54) is 30.8 Å². The monoisotopic (exact) mass is 316 g/mol. The van der Waals surface area contributed by atoms with Crippen LogP contribution < -0.4 is 0 Å². The van der Waals surface area contributed by atoms with Crippen molar-refractivity contribution >= 4 is 38.4 Å². The highest BCUT2D eigenvalue weighted by molar-refractivity contribution is 7.91. The number of sulfone groups is 1. The zero-order valence-electron chi connectivity index (χ0n) is 10.6. The van der Waals surface area contributed by atoms with Gasteiger partial charge in [0.2, 0.25) is 14.9 Å². The van der Waals surface area contributed by atoms with Crippen LogP contribution in [0.5, 0.6) is 0 Å². The molecule has 0 bridgehead atoms. The van der Waals surface area contributed by atoms with Gasteiger partial charge in [-0.15, -0.1) is 11.3 Å². The number of hydrogen-bond donors (Lipinski definition) is 0. The lowest BCUT2D eigenvalue weighted by molar-refractivity contribution is 0.417. The summed E-state index contributed by atoms with van der Waals surface area (Å²) in [6.45, 7) is 3.37. The van der Waals surface area contributed by atoms with E-state index < -0.39 is 9.84 Å². The van der Waals surface area contributed by atoms with Crippen LogP contribution in [0.4, 0.5) is 0 Å². The number of thiophene rings is 1. The van der Waals surface area contributed by atoms with Gasteiger partial charge >= 0.3 is 0 Å². The molecule has 0 amide bonds. The lowest BCUT2D eigenvalue weighted by Crippen LogP contribution is -2.02. The summed E-state index contributed by atoms with van der Waals surface area (Å²) in [5, 5.41) is 0.290. The SMILES string of the molecule is COC(=S)c1cc(S(=O)(=O)c2ccoc2C)c(C)s1. The Kier molecular flexibility index (Phi) is 3.80. The zero-order valence-corrected chi connectivity index (χ0v) is 13.0. The van der Waals surface area contributed by atoms with Gasteiger partial charge in [-0.05, 0) is 38.2 Å². The Morgan fingerprint density at radius 2 is 2.05 bits per heavy atom. The Hall–Kier alpha value is -1.18. The third-order valence-electron chi connectivity index (χ3n) is 2.65. The number of methoxy groups -OCH3 is 1. The van der Waals surface area contributed by atoms with Crippen molar-refractivity contribution < 1.29 is 17.6 Å². The van der Waals surface area contributed by atoms with Gasteiger partial charge in [0, 0.05) is 4.88 Å². The average Bonchev–Trinajstić information content (AvgIpc) is 2.94. The molecule has 0 saturated heterocycles. The lowest BCUT2D eigenvalue weighted by Gasteiger charge is -2.01. The minimum atomic E-state index is -3.58. The van der Waals surface area contributed by atoms with Crippen molar-refractivity contribution in [3.8, 4) is 0 Å². The fraction of sp³-hybridized carbons (Fsp3) is 0.250. The molecule has 2 heterocycles. The van der Waals surface area contributed by atoms with E-state index in [1.807, 2.05) is 0 Å². The van der Waals surface area contributed by atoms with Crippen LogP contribution in [0, 0.1) is 13.8 Å². The van der Waals surface area contributed by atoms with Crippen LogP contribution in [0.2, 0.25) is 0 Å². The number of rotatable bonds is 3. The van der Waals surface area contributed by atoms with E-state index in [9.17, 15) is 8.42 Å². The summed E-state index contributed by atoms with van der Waals surface area (Å²) in [4.78, 5) is 1.74. The standard InChI is InChI=1S/C12H12O4S3/c1-7-10(4-5-16-7)19(13,14)11-6-9(12(17)15-3)18-8(11)2/h4-6H,1-3H3. The van der Waals surface area contributed by atoms with Crippen LogP contribution in [0.3, 0.4) is 0 Å². The molecule has 0 aliphatic heterocycles. The summed E-state index contributed by atoms with van der Waals surface area (Å²) < 4.78 is 35.1. The van der Waals surface area contributed by atoms with Crippen LogP contribution >= 0.6 is 23.6 Å². The van der Waals surface area contributed by atoms with Gasteiger partial charge in [0.1, 0.15) is 10.7 Å². The summed E-state index contributed by atoms with van der Waals surface area (Å²) in [6.07, 6.45) is 1.37. The molecule has 0 unspecified atom stereocenters. The molecular weight excluding hydrogens is 304 g/mol. The van der Waals surface area contributed by atoms with Gasteiger partial charge in [-0.2, -0.15) is 0 Å². The highest BCUT2D eigenvalue weighted by atomic mass is 32.2. The Morgan fingerprint density at radius 3 is 2.58 bits per heavy atom. The van der Waals surface area contributed by atoms with Crippen LogP contribution in [0.15, 0.2) is 32.6 Å². The van der Waals surface area contributed by atoms with Gasteiger partial charge < -0.3 is 9.15 Å². The molecule has 0 N–H and O–H groups in total. The van der Waals surface area contributed by atoms with Crippen molar-refractivity contribution in [2.45, 2.75) is 23.6 Å². The molecular formula is C12H12O4S3. The molecule has 0 aromatic carbocycles. The first kappa shape index (κ1) is 14.2. The van der Waals surface area contributed by atoms with Crippen molar-refractivity contribution in [1.82, 2.24) is 0 Å². The number of ether oxygens (including phenoxy) is 1.